The lowest BCUT2D eigenvalue weighted by molar-refractivity contribution is -0.129. The van der Waals surface area contributed by atoms with Gasteiger partial charge >= 0.3 is 0 Å². The summed E-state index contributed by atoms with van der Waals surface area (Å²) in [7, 11) is 1.67. The maximum atomic E-state index is 13.2. The number of benzene rings is 2. The number of hydrogen-bond donors (Lipinski definition) is 1. The van der Waals surface area contributed by atoms with Crippen molar-refractivity contribution in [2.75, 3.05) is 20.2 Å². The number of nitrogens with one attached hydrogen (secondary N) is 1. The largest absolute Gasteiger partial charge is 0.496 e. The van der Waals surface area contributed by atoms with E-state index in [2.05, 4.69) is 11.4 Å². The molecule has 1 fully saturated rings. The zero-order valence-electron chi connectivity index (χ0n) is 15.8. The number of amides is 1. The Morgan fingerprint density at radius 3 is 2.89 bits per heavy atom. The summed E-state index contributed by atoms with van der Waals surface area (Å²) in [6.07, 6.45) is 3.24. The molecule has 2 aromatic rings. The Labute approximate surface area is 160 Å². The molecule has 1 saturated heterocycles. The second-order valence-corrected chi connectivity index (χ2v) is 6.94. The summed E-state index contributed by atoms with van der Waals surface area (Å²) in [5.41, 5.74) is 2.06. The molecule has 4 nitrogen and oxygen atoms in total. The molecule has 0 radical (unpaired) electrons. The van der Waals surface area contributed by atoms with E-state index in [1.807, 2.05) is 29.2 Å². The topological polar surface area (TPSA) is 41.6 Å². The number of ether oxygens (including phenoxy) is 1. The van der Waals surface area contributed by atoms with Gasteiger partial charge in [-0.25, -0.2) is 4.39 Å². The van der Waals surface area contributed by atoms with Gasteiger partial charge in [0, 0.05) is 25.6 Å². The minimum atomic E-state index is -0.210. The molecule has 0 aliphatic carbocycles. The average molecular weight is 370 g/mol. The van der Waals surface area contributed by atoms with Crippen molar-refractivity contribution in [2.24, 2.45) is 0 Å². The minimum absolute atomic E-state index is 0.210. The number of halogens is 1. The first-order valence-electron chi connectivity index (χ1n) is 9.54. The molecule has 0 spiro atoms. The van der Waals surface area contributed by atoms with Crippen LogP contribution in [0.15, 0.2) is 48.5 Å². The lowest BCUT2D eigenvalue weighted by Gasteiger charge is -2.25. The highest BCUT2D eigenvalue weighted by Crippen LogP contribution is 2.24. The molecule has 1 N–H and O–H groups in total. The summed E-state index contributed by atoms with van der Waals surface area (Å²) in [5.74, 6) is 0.899. The van der Waals surface area contributed by atoms with Gasteiger partial charge in [-0.15, -0.1) is 0 Å². The Hall–Kier alpha value is -2.40. The molecule has 0 unspecified atom stereocenters. The number of nitrogens with zero attached hydrogens (tertiary/aromatic N) is 1. The van der Waals surface area contributed by atoms with Gasteiger partial charge in [0.05, 0.1) is 7.11 Å². The first-order valence-corrected chi connectivity index (χ1v) is 9.54. The summed E-state index contributed by atoms with van der Waals surface area (Å²) < 4.78 is 18.6. The van der Waals surface area contributed by atoms with Crippen molar-refractivity contribution in [3.8, 4) is 5.75 Å². The van der Waals surface area contributed by atoms with Crippen LogP contribution in [0, 0.1) is 5.82 Å². The van der Waals surface area contributed by atoms with E-state index < -0.39 is 0 Å². The summed E-state index contributed by atoms with van der Waals surface area (Å²) in [6, 6.07) is 14.9. The Bertz CT molecular complexity index is 765. The van der Waals surface area contributed by atoms with E-state index in [1.54, 1.807) is 19.2 Å². The van der Waals surface area contributed by atoms with Crippen molar-refractivity contribution < 1.29 is 13.9 Å². The first kappa shape index (κ1) is 19.4. The lowest BCUT2D eigenvalue weighted by atomic mass is 10.1. The molecule has 1 amide bonds. The van der Waals surface area contributed by atoms with Crippen LogP contribution in [0.3, 0.4) is 0 Å². The van der Waals surface area contributed by atoms with Gasteiger partial charge in [0.15, 0.2) is 0 Å². The second kappa shape index (κ2) is 9.51. The highest BCUT2D eigenvalue weighted by atomic mass is 19.1. The molecule has 1 aliphatic rings. The molecule has 1 heterocycles. The number of para-hydroxylation sites is 1. The van der Waals surface area contributed by atoms with E-state index in [0.717, 1.165) is 42.7 Å². The van der Waals surface area contributed by atoms with Gasteiger partial charge in [0.25, 0.3) is 0 Å². The van der Waals surface area contributed by atoms with Crippen LogP contribution >= 0.6 is 0 Å². The Morgan fingerprint density at radius 1 is 1.22 bits per heavy atom. The molecule has 1 atom stereocenters. The molecule has 144 valence electrons. The third kappa shape index (κ3) is 5.30. The Balaban J connectivity index is 1.47. The van der Waals surface area contributed by atoms with Crippen molar-refractivity contribution in [3.05, 3.63) is 65.5 Å². The van der Waals surface area contributed by atoms with E-state index in [-0.39, 0.29) is 17.8 Å². The normalized spacial score (nSPS) is 16.7. The maximum Gasteiger partial charge on any atom is 0.222 e. The minimum Gasteiger partial charge on any atom is -0.496 e. The zero-order chi connectivity index (χ0) is 19.1. The monoisotopic (exact) mass is 370 g/mol. The predicted molar refractivity (Wildman–Crippen MR) is 104 cm³/mol. The highest BCUT2D eigenvalue weighted by Gasteiger charge is 2.30. The van der Waals surface area contributed by atoms with E-state index in [4.69, 9.17) is 4.74 Å². The summed E-state index contributed by atoms with van der Waals surface area (Å²) in [6.45, 7) is 2.16. The van der Waals surface area contributed by atoms with E-state index >= 15 is 0 Å². The number of methoxy groups -OCH3 is 1. The standard InChI is InChI=1S/C22H27FN2O2/c1-27-21-8-3-2-6-18(21)12-14-25-20(9-10-22(25)26)11-13-24-16-17-5-4-7-19(23)15-17/h2-8,15,20,24H,9-14,16H2,1H3/t20-/m0/s1. The zero-order valence-corrected chi connectivity index (χ0v) is 15.8. The van der Waals surface area contributed by atoms with Crippen LogP contribution in [0.5, 0.6) is 5.75 Å². The summed E-state index contributed by atoms with van der Waals surface area (Å²) >= 11 is 0. The Kier molecular flexibility index (Phi) is 6.82. The molecule has 3 rings (SSSR count). The van der Waals surface area contributed by atoms with Gasteiger partial charge in [-0.05, 0) is 55.1 Å². The molecule has 27 heavy (non-hydrogen) atoms. The molecule has 0 aromatic heterocycles. The SMILES string of the molecule is COc1ccccc1CCN1C(=O)CC[C@H]1CCNCc1cccc(F)c1. The van der Waals surface area contributed by atoms with E-state index in [0.29, 0.717) is 19.5 Å². The molecular formula is C22H27FN2O2. The molecule has 0 saturated carbocycles. The fourth-order valence-corrected chi connectivity index (χ4v) is 3.70. The lowest BCUT2D eigenvalue weighted by Crippen LogP contribution is -2.36. The van der Waals surface area contributed by atoms with Crippen molar-refractivity contribution >= 4 is 5.91 Å². The van der Waals surface area contributed by atoms with Gasteiger partial charge in [0.2, 0.25) is 5.91 Å². The number of rotatable bonds is 9. The van der Waals surface area contributed by atoms with Crippen LogP contribution in [0.2, 0.25) is 0 Å². The third-order valence-corrected chi connectivity index (χ3v) is 5.14. The number of likely N-dealkylation sites (tertiary alicyclic amines) is 1. The molecule has 0 bridgehead atoms. The van der Waals surface area contributed by atoms with Crippen molar-refractivity contribution in [1.29, 1.82) is 0 Å². The highest BCUT2D eigenvalue weighted by molar-refractivity contribution is 5.78. The molecule has 5 heteroatoms. The van der Waals surface area contributed by atoms with Gasteiger partial charge in [-0.1, -0.05) is 30.3 Å². The molecule has 1 aliphatic heterocycles. The van der Waals surface area contributed by atoms with Gasteiger partial charge in [-0.2, -0.15) is 0 Å². The maximum absolute atomic E-state index is 13.2. The van der Waals surface area contributed by atoms with Gasteiger partial charge in [-0.3, -0.25) is 4.79 Å². The number of carbonyl (C=O) groups excluding carboxylic acids is 1. The van der Waals surface area contributed by atoms with Crippen molar-refractivity contribution in [1.82, 2.24) is 10.2 Å². The molecular weight excluding hydrogens is 343 g/mol. The third-order valence-electron chi connectivity index (χ3n) is 5.14. The van der Waals surface area contributed by atoms with Crippen LogP contribution in [-0.4, -0.2) is 37.0 Å². The van der Waals surface area contributed by atoms with Crippen LogP contribution in [0.4, 0.5) is 4.39 Å². The number of hydrogen-bond acceptors (Lipinski definition) is 3. The van der Waals surface area contributed by atoms with Crippen LogP contribution < -0.4 is 10.1 Å². The van der Waals surface area contributed by atoms with Crippen LogP contribution in [0.1, 0.15) is 30.4 Å². The summed E-state index contributed by atoms with van der Waals surface area (Å²) in [5, 5.41) is 3.36. The fourth-order valence-electron chi connectivity index (χ4n) is 3.70. The Morgan fingerprint density at radius 2 is 2.07 bits per heavy atom. The van der Waals surface area contributed by atoms with Crippen LogP contribution in [0.25, 0.3) is 0 Å². The van der Waals surface area contributed by atoms with Crippen molar-refractivity contribution in [3.63, 3.8) is 0 Å². The average Bonchev–Trinajstić information content (AvgIpc) is 3.03. The van der Waals surface area contributed by atoms with Gasteiger partial charge in [0.1, 0.15) is 11.6 Å². The van der Waals surface area contributed by atoms with Crippen LogP contribution in [-0.2, 0) is 17.8 Å². The van der Waals surface area contributed by atoms with Crippen molar-refractivity contribution in [2.45, 2.75) is 38.3 Å². The second-order valence-electron chi connectivity index (χ2n) is 6.94. The quantitative estimate of drug-likeness (QED) is 0.687. The first-order chi connectivity index (χ1) is 13.2. The molecule has 2 aromatic carbocycles. The van der Waals surface area contributed by atoms with E-state index in [1.165, 1.54) is 6.07 Å². The summed E-state index contributed by atoms with van der Waals surface area (Å²) in [4.78, 5) is 14.3. The van der Waals surface area contributed by atoms with E-state index in [9.17, 15) is 9.18 Å². The predicted octanol–water partition coefficient (Wildman–Crippen LogP) is 3.55. The van der Waals surface area contributed by atoms with Gasteiger partial charge < -0.3 is 15.0 Å². The number of carbonyl (C=O) groups is 1. The smallest absolute Gasteiger partial charge is 0.222 e. The fraction of sp³-hybridized carbons (Fsp3) is 0.409.